The number of fused-ring (bicyclic) bond motifs is 4. The van der Waals surface area contributed by atoms with Crippen LogP contribution in [0.1, 0.15) is 13.0 Å². The minimum atomic E-state index is -0.110. The van der Waals surface area contributed by atoms with Gasteiger partial charge in [0.05, 0.1) is 23.4 Å². The topological polar surface area (TPSA) is 56.5 Å². The molecule has 0 radical (unpaired) electrons. The SMILES string of the molecule is CC1[C@@H]2O[C@@H]2Cn2c(=O)c3cc4ccccc4cc3c(=O)n21. The molecule has 5 heteroatoms. The van der Waals surface area contributed by atoms with Crippen molar-refractivity contribution in [3.05, 3.63) is 57.1 Å². The molecule has 5 nitrogen and oxygen atoms in total. The highest BCUT2D eigenvalue weighted by Crippen LogP contribution is 2.36. The summed E-state index contributed by atoms with van der Waals surface area (Å²) in [6.45, 7) is 2.40. The third-order valence-electron chi connectivity index (χ3n) is 4.89. The van der Waals surface area contributed by atoms with E-state index in [1.165, 1.54) is 0 Å². The second-order valence-corrected chi connectivity index (χ2v) is 6.16. The summed E-state index contributed by atoms with van der Waals surface area (Å²) >= 11 is 0. The Kier molecular flexibility index (Phi) is 2.14. The van der Waals surface area contributed by atoms with Crippen molar-refractivity contribution in [1.82, 2.24) is 9.36 Å². The standard InChI is InChI=1S/C17H14N2O3/c1-9-15-14(22-15)8-18-16(20)12-6-10-4-2-3-5-11(10)7-13(12)17(21)19(9)18/h2-7,9,14-15H,8H2,1H3/t9?,14-,15+/m1/s1. The van der Waals surface area contributed by atoms with E-state index in [4.69, 9.17) is 4.74 Å². The van der Waals surface area contributed by atoms with E-state index >= 15 is 0 Å². The van der Waals surface area contributed by atoms with Crippen LogP contribution in [0.4, 0.5) is 0 Å². The van der Waals surface area contributed by atoms with Crippen molar-refractivity contribution in [1.29, 1.82) is 0 Å². The summed E-state index contributed by atoms with van der Waals surface area (Å²) in [6.07, 6.45) is 0.139. The third-order valence-corrected chi connectivity index (χ3v) is 4.89. The maximum absolute atomic E-state index is 12.9. The maximum Gasteiger partial charge on any atom is 0.273 e. The molecule has 110 valence electrons. The van der Waals surface area contributed by atoms with Gasteiger partial charge in [0.1, 0.15) is 12.2 Å². The largest absolute Gasteiger partial charge is 0.365 e. The summed E-state index contributed by atoms with van der Waals surface area (Å²) in [5.74, 6) is 0. The Morgan fingerprint density at radius 2 is 1.68 bits per heavy atom. The molecule has 0 amide bonds. The van der Waals surface area contributed by atoms with E-state index in [1.54, 1.807) is 9.36 Å². The molecule has 2 aliphatic heterocycles. The molecule has 3 aromatic rings. The monoisotopic (exact) mass is 294 g/mol. The first kappa shape index (κ1) is 12.2. The van der Waals surface area contributed by atoms with Crippen LogP contribution in [0.15, 0.2) is 46.0 Å². The number of rotatable bonds is 0. The van der Waals surface area contributed by atoms with Crippen molar-refractivity contribution in [2.75, 3.05) is 0 Å². The van der Waals surface area contributed by atoms with E-state index in [0.29, 0.717) is 17.3 Å². The minimum Gasteiger partial charge on any atom is -0.365 e. The van der Waals surface area contributed by atoms with Gasteiger partial charge in [0.15, 0.2) is 0 Å². The molecule has 22 heavy (non-hydrogen) atoms. The zero-order valence-electron chi connectivity index (χ0n) is 12.0. The predicted molar refractivity (Wildman–Crippen MR) is 83.3 cm³/mol. The van der Waals surface area contributed by atoms with Gasteiger partial charge in [0.2, 0.25) is 0 Å². The lowest BCUT2D eigenvalue weighted by Crippen LogP contribution is -2.45. The lowest BCUT2D eigenvalue weighted by Gasteiger charge is -2.24. The van der Waals surface area contributed by atoms with Crippen molar-refractivity contribution >= 4 is 21.5 Å². The van der Waals surface area contributed by atoms with Gasteiger partial charge in [-0.05, 0) is 29.8 Å². The minimum absolute atomic E-state index is 0.0648. The highest BCUT2D eigenvalue weighted by atomic mass is 16.6. The van der Waals surface area contributed by atoms with Crippen LogP contribution in [0.2, 0.25) is 0 Å². The molecule has 5 rings (SSSR count). The Balaban J connectivity index is 1.97. The van der Waals surface area contributed by atoms with Crippen LogP contribution in [-0.2, 0) is 11.3 Å². The van der Waals surface area contributed by atoms with Crippen molar-refractivity contribution in [3.8, 4) is 0 Å². The van der Waals surface area contributed by atoms with Gasteiger partial charge in [-0.3, -0.25) is 9.59 Å². The van der Waals surface area contributed by atoms with Crippen LogP contribution < -0.4 is 11.1 Å². The molecule has 0 spiro atoms. The van der Waals surface area contributed by atoms with E-state index in [2.05, 4.69) is 0 Å². The van der Waals surface area contributed by atoms with E-state index in [9.17, 15) is 9.59 Å². The van der Waals surface area contributed by atoms with Gasteiger partial charge in [-0.15, -0.1) is 0 Å². The summed E-state index contributed by atoms with van der Waals surface area (Å²) in [5.41, 5.74) is -0.219. The van der Waals surface area contributed by atoms with Crippen LogP contribution >= 0.6 is 0 Å². The molecule has 0 saturated carbocycles. The first-order valence-electron chi connectivity index (χ1n) is 7.49. The molecule has 0 aliphatic carbocycles. The van der Waals surface area contributed by atoms with Crippen LogP contribution in [0.3, 0.4) is 0 Å². The van der Waals surface area contributed by atoms with Crippen LogP contribution in [0, 0.1) is 0 Å². The van der Waals surface area contributed by atoms with E-state index < -0.39 is 0 Å². The molecule has 0 bridgehead atoms. The Labute approximate surface area is 125 Å². The van der Waals surface area contributed by atoms with Gasteiger partial charge in [-0.1, -0.05) is 24.3 Å². The molecule has 1 fully saturated rings. The molecular weight excluding hydrogens is 280 g/mol. The smallest absolute Gasteiger partial charge is 0.273 e. The van der Waals surface area contributed by atoms with Crippen LogP contribution in [0.5, 0.6) is 0 Å². The first-order valence-corrected chi connectivity index (χ1v) is 7.49. The van der Waals surface area contributed by atoms with Crippen molar-refractivity contribution in [2.24, 2.45) is 0 Å². The molecular formula is C17H14N2O3. The molecule has 3 heterocycles. The molecule has 2 aromatic carbocycles. The van der Waals surface area contributed by atoms with Crippen LogP contribution in [0.25, 0.3) is 21.5 Å². The molecule has 2 aliphatic rings. The summed E-state index contributed by atoms with van der Waals surface area (Å²) in [4.78, 5) is 25.7. The lowest BCUT2D eigenvalue weighted by atomic mass is 10.0. The number of epoxide rings is 1. The zero-order chi connectivity index (χ0) is 15.0. The van der Waals surface area contributed by atoms with Crippen LogP contribution in [-0.4, -0.2) is 21.6 Å². The first-order chi connectivity index (χ1) is 10.6. The lowest BCUT2D eigenvalue weighted by molar-refractivity contribution is 0.303. The molecule has 0 N–H and O–H groups in total. The predicted octanol–water partition coefficient (Wildman–Crippen LogP) is 1.66. The number of benzene rings is 2. The summed E-state index contributed by atoms with van der Waals surface area (Å²) in [5, 5.41) is 2.93. The Morgan fingerprint density at radius 1 is 1.05 bits per heavy atom. The molecule has 1 saturated heterocycles. The summed E-state index contributed by atoms with van der Waals surface area (Å²) in [6, 6.07) is 11.3. The fourth-order valence-corrected chi connectivity index (χ4v) is 3.68. The van der Waals surface area contributed by atoms with E-state index in [1.807, 2.05) is 43.3 Å². The number of ether oxygens (including phenoxy) is 1. The Morgan fingerprint density at radius 3 is 2.36 bits per heavy atom. The van der Waals surface area contributed by atoms with Crippen molar-refractivity contribution < 1.29 is 4.74 Å². The average molecular weight is 294 g/mol. The van der Waals surface area contributed by atoms with E-state index in [0.717, 1.165) is 10.8 Å². The second-order valence-electron chi connectivity index (χ2n) is 6.16. The zero-order valence-corrected chi connectivity index (χ0v) is 12.0. The van der Waals surface area contributed by atoms with Gasteiger partial charge < -0.3 is 4.74 Å². The van der Waals surface area contributed by atoms with Gasteiger partial charge in [0.25, 0.3) is 11.1 Å². The number of aromatic nitrogens is 2. The average Bonchev–Trinajstić information content (AvgIpc) is 3.31. The van der Waals surface area contributed by atoms with Gasteiger partial charge >= 0.3 is 0 Å². The Bertz CT molecular complexity index is 1060. The van der Waals surface area contributed by atoms with Gasteiger partial charge in [-0.2, -0.15) is 0 Å². The molecule has 3 atom stereocenters. The highest BCUT2D eigenvalue weighted by molar-refractivity contribution is 5.97. The fourth-order valence-electron chi connectivity index (χ4n) is 3.68. The molecule has 1 unspecified atom stereocenters. The third kappa shape index (κ3) is 1.41. The number of hydrogen-bond donors (Lipinski definition) is 0. The Hall–Kier alpha value is -2.40. The highest BCUT2D eigenvalue weighted by Gasteiger charge is 2.49. The normalized spacial score (nSPS) is 26.0. The van der Waals surface area contributed by atoms with E-state index in [-0.39, 0.29) is 29.4 Å². The summed E-state index contributed by atoms with van der Waals surface area (Å²) in [7, 11) is 0. The second kappa shape index (κ2) is 3.87. The fraction of sp³-hybridized carbons (Fsp3) is 0.294. The van der Waals surface area contributed by atoms with Crippen molar-refractivity contribution in [2.45, 2.75) is 31.7 Å². The quantitative estimate of drug-likeness (QED) is 0.468. The van der Waals surface area contributed by atoms with Gasteiger partial charge in [-0.25, -0.2) is 9.36 Å². The van der Waals surface area contributed by atoms with Crippen molar-refractivity contribution in [3.63, 3.8) is 0 Å². The summed E-state index contributed by atoms with van der Waals surface area (Å²) < 4.78 is 8.70. The molecule has 1 aromatic heterocycles. The van der Waals surface area contributed by atoms with Gasteiger partial charge in [0, 0.05) is 0 Å². The number of hydrogen-bond acceptors (Lipinski definition) is 3. The maximum atomic E-state index is 12.9. The number of nitrogens with zero attached hydrogens (tertiary/aromatic N) is 2.